The maximum Gasteiger partial charge on any atom is 0.0474 e. The molecule has 0 aliphatic heterocycles. The molecule has 0 bridgehead atoms. The number of rotatable bonds is 5. The van der Waals surface area contributed by atoms with Crippen molar-refractivity contribution in [3.8, 4) is 0 Å². The van der Waals surface area contributed by atoms with Crippen LogP contribution in [-0.4, -0.2) is 26.3 Å². The first-order valence-electron chi connectivity index (χ1n) is 5.86. The molecule has 2 nitrogen and oxygen atoms in total. The van der Waals surface area contributed by atoms with E-state index < -0.39 is 0 Å². The molecule has 0 aromatic heterocycles. The van der Waals surface area contributed by atoms with E-state index in [1.54, 1.807) is 7.11 Å². The molecule has 1 atom stereocenters. The van der Waals surface area contributed by atoms with Crippen LogP contribution in [0, 0.1) is 5.41 Å². The smallest absolute Gasteiger partial charge is 0.0474 e. The predicted molar refractivity (Wildman–Crippen MR) is 60.5 cm³/mol. The number of hydrogen-bond acceptors (Lipinski definition) is 2. The first-order chi connectivity index (χ1) is 6.64. The molecule has 0 heterocycles. The van der Waals surface area contributed by atoms with Crippen molar-refractivity contribution < 1.29 is 4.74 Å². The molecule has 1 saturated carbocycles. The first kappa shape index (κ1) is 12.0. The second-order valence-corrected chi connectivity index (χ2v) is 5.26. The van der Waals surface area contributed by atoms with E-state index in [2.05, 4.69) is 19.2 Å². The fourth-order valence-electron chi connectivity index (χ4n) is 2.40. The summed E-state index contributed by atoms with van der Waals surface area (Å²) in [5, 5.41) is 3.63. The minimum absolute atomic E-state index is 0.553. The van der Waals surface area contributed by atoms with Gasteiger partial charge in [-0.25, -0.2) is 0 Å². The Morgan fingerprint density at radius 2 is 2.21 bits per heavy atom. The second kappa shape index (κ2) is 5.72. The Hall–Kier alpha value is -0.0800. The molecular weight excluding hydrogens is 174 g/mol. The number of hydrogen-bond donors (Lipinski definition) is 1. The zero-order valence-corrected chi connectivity index (χ0v) is 9.94. The maximum atomic E-state index is 5.03. The summed E-state index contributed by atoms with van der Waals surface area (Å²) in [4.78, 5) is 0. The van der Waals surface area contributed by atoms with E-state index in [1.807, 2.05) is 0 Å². The molecule has 0 aromatic rings. The van der Waals surface area contributed by atoms with Crippen molar-refractivity contribution in [2.45, 2.75) is 52.0 Å². The Balaban J connectivity index is 2.12. The lowest BCUT2D eigenvalue weighted by Gasteiger charge is -2.35. The summed E-state index contributed by atoms with van der Waals surface area (Å²) in [6, 6.07) is 0.746. The van der Waals surface area contributed by atoms with Crippen molar-refractivity contribution in [3.05, 3.63) is 0 Å². The van der Waals surface area contributed by atoms with Crippen LogP contribution in [0.25, 0.3) is 0 Å². The van der Waals surface area contributed by atoms with Gasteiger partial charge in [0, 0.05) is 19.8 Å². The van der Waals surface area contributed by atoms with Crippen LogP contribution in [-0.2, 0) is 4.74 Å². The summed E-state index contributed by atoms with van der Waals surface area (Å²) in [6.07, 6.45) is 6.60. The van der Waals surface area contributed by atoms with Gasteiger partial charge in [-0.3, -0.25) is 0 Å². The zero-order chi connectivity index (χ0) is 10.4. The van der Waals surface area contributed by atoms with E-state index in [-0.39, 0.29) is 0 Å². The second-order valence-electron chi connectivity index (χ2n) is 5.26. The molecule has 0 radical (unpaired) electrons. The fraction of sp³-hybridized carbons (Fsp3) is 1.00. The van der Waals surface area contributed by atoms with Gasteiger partial charge in [-0.15, -0.1) is 0 Å². The summed E-state index contributed by atoms with van der Waals surface area (Å²) >= 11 is 0. The standard InChI is InChI=1S/C12H25NO/c1-12(2)7-4-6-11(10-12)13-8-5-9-14-3/h11,13H,4-10H2,1-3H3/t11-/m1/s1. The van der Waals surface area contributed by atoms with Gasteiger partial charge in [-0.05, 0) is 37.6 Å². The van der Waals surface area contributed by atoms with Crippen LogP contribution < -0.4 is 5.32 Å². The van der Waals surface area contributed by atoms with Crippen molar-refractivity contribution in [2.75, 3.05) is 20.3 Å². The fourth-order valence-corrected chi connectivity index (χ4v) is 2.40. The van der Waals surface area contributed by atoms with Gasteiger partial charge in [-0.2, -0.15) is 0 Å². The molecule has 14 heavy (non-hydrogen) atoms. The highest BCUT2D eigenvalue weighted by molar-refractivity contribution is 4.83. The average molecular weight is 199 g/mol. The molecule has 1 aliphatic carbocycles. The van der Waals surface area contributed by atoms with Crippen LogP contribution in [0.2, 0.25) is 0 Å². The molecule has 0 aromatic carbocycles. The molecule has 1 rings (SSSR count). The average Bonchev–Trinajstić information content (AvgIpc) is 2.11. The molecule has 1 fully saturated rings. The molecule has 1 aliphatic rings. The van der Waals surface area contributed by atoms with Crippen LogP contribution in [0.5, 0.6) is 0 Å². The first-order valence-corrected chi connectivity index (χ1v) is 5.86. The van der Waals surface area contributed by atoms with Crippen molar-refractivity contribution in [2.24, 2.45) is 5.41 Å². The Morgan fingerprint density at radius 1 is 1.43 bits per heavy atom. The molecule has 1 N–H and O–H groups in total. The molecule has 0 spiro atoms. The maximum absolute atomic E-state index is 5.03. The lowest BCUT2D eigenvalue weighted by atomic mass is 9.75. The van der Waals surface area contributed by atoms with Gasteiger partial charge in [0.05, 0.1) is 0 Å². The van der Waals surface area contributed by atoms with Crippen molar-refractivity contribution in [3.63, 3.8) is 0 Å². The Bertz CT molecular complexity index is 156. The molecular formula is C12H25NO. The Labute approximate surface area is 88.4 Å². The van der Waals surface area contributed by atoms with Crippen molar-refractivity contribution in [1.29, 1.82) is 0 Å². The van der Waals surface area contributed by atoms with Gasteiger partial charge >= 0.3 is 0 Å². The highest BCUT2D eigenvalue weighted by atomic mass is 16.5. The molecule has 2 heteroatoms. The topological polar surface area (TPSA) is 21.3 Å². The number of methoxy groups -OCH3 is 1. The van der Waals surface area contributed by atoms with E-state index in [1.165, 1.54) is 25.7 Å². The normalized spacial score (nSPS) is 26.4. The summed E-state index contributed by atoms with van der Waals surface area (Å²) in [7, 11) is 1.77. The summed E-state index contributed by atoms with van der Waals surface area (Å²) in [6.45, 7) is 6.75. The van der Waals surface area contributed by atoms with E-state index in [9.17, 15) is 0 Å². The third kappa shape index (κ3) is 4.43. The summed E-state index contributed by atoms with van der Waals surface area (Å²) in [5.74, 6) is 0. The number of ether oxygens (including phenoxy) is 1. The van der Waals surface area contributed by atoms with Crippen LogP contribution in [0.3, 0.4) is 0 Å². The van der Waals surface area contributed by atoms with E-state index in [0.717, 1.165) is 25.6 Å². The van der Waals surface area contributed by atoms with E-state index in [0.29, 0.717) is 5.41 Å². The van der Waals surface area contributed by atoms with Gasteiger partial charge in [-0.1, -0.05) is 20.3 Å². The zero-order valence-electron chi connectivity index (χ0n) is 9.94. The van der Waals surface area contributed by atoms with Crippen LogP contribution in [0.15, 0.2) is 0 Å². The van der Waals surface area contributed by atoms with Gasteiger partial charge in [0.15, 0.2) is 0 Å². The minimum Gasteiger partial charge on any atom is -0.385 e. The number of nitrogens with one attached hydrogen (secondary N) is 1. The van der Waals surface area contributed by atoms with Gasteiger partial charge in [0.25, 0.3) is 0 Å². The third-order valence-electron chi connectivity index (χ3n) is 3.16. The largest absolute Gasteiger partial charge is 0.385 e. The van der Waals surface area contributed by atoms with Crippen LogP contribution >= 0.6 is 0 Å². The molecule has 0 amide bonds. The Kier molecular flexibility index (Phi) is 4.90. The van der Waals surface area contributed by atoms with Gasteiger partial charge in [0.2, 0.25) is 0 Å². The van der Waals surface area contributed by atoms with E-state index in [4.69, 9.17) is 4.74 Å². The minimum atomic E-state index is 0.553. The monoisotopic (exact) mass is 199 g/mol. The van der Waals surface area contributed by atoms with Crippen molar-refractivity contribution in [1.82, 2.24) is 5.32 Å². The predicted octanol–water partition coefficient (Wildman–Crippen LogP) is 2.58. The molecule has 0 unspecified atom stereocenters. The lowest BCUT2D eigenvalue weighted by Crippen LogP contribution is -2.37. The van der Waals surface area contributed by atoms with E-state index >= 15 is 0 Å². The van der Waals surface area contributed by atoms with Crippen LogP contribution in [0.1, 0.15) is 46.0 Å². The van der Waals surface area contributed by atoms with Gasteiger partial charge < -0.3 is 10.1 Å². The lowest BCUT2D eigenvalue weighted by molar-refractivity contribution is 0.178. The van der Waals surface area contributed by atoms with Crippen LogP contribution in [0.4, 0.5) is 0 Å². The summed E-state index contributed by atoms with van der Waals surface area (Å²) in [5.41, 5.74) is 0.553. The third-order valence-corrected chi connectivity index (χ3v) is 3.16. The summed E-state index contributed by atoms with van der Waals surface area (Å²) < 4.78 is 5.03. The SMILES string of the molecule is COCCCN[C@@H]1CCCC(C)(C)C1. The quantitative estimate of drug-likeness (QED) is 0.687. The highest BCUT2D eigenvalue weighted by Crippen LogP contribution is 2.34. The van der Waals surface area contributed by atoms with Crippen molar-refractivity contribution >= 4 is 0 Å². The Morgan fingerprint density at radius 3 is 2.86 bits per heavy atom. The van der Waals surface area contributed by atoms with Gasteiger partial charge in [0.1, 0.15) is 0 Å². The highest BCUT2D eigenvalue weighted by Gasteiger charge is 2.27. The molecule has 84 valence electrons. The molecule has 0 saturated heterocycles.